The van der Waals surface area contributed by atoms with Gasteiger partial charge in [0.2, 0.25) is 0 Å². The van der Waals surface area contributed by atoms with Crippen molar-refractivity contribution in [1.82, 2.24) is 9.78 Å². The zero-order valence-electron chi connectivity index (χ0n) is 6.38. The largest absolute Gasteiger partial charge is 0.491 e. The number of nitrogen functional groups attached to an aromatic ring is 1. The molecule has 1 heterocycles. The molecule has 0 spiro atoms. The van der Waals surface area contributed by atoms with Crippen molar-refractivity contribution in [2.75, 3.05) is 12.8 Å². The Morgan fingerprint density at radius 1 is 1.60 bits per heavy atom. The minimum Gasteiger partial charge on any atom is -0.491 e. The molecule has 0 atom stereocenters. The van der Waals surface area contributed by atoms with Crippen molar-refractivity contribution in [3.63, 3.8) is 0 Å². The van der Waals surface area contributed by atoms with E-state index in [0.29, 0.717) is 11.6 Å². The van der Waals surface area contributed by atoms with Gasteiger partial charge in [-0.25, -0.2) is 4.68 Å². The third-order valence-corrected chi connectivity index (χ3v) is 1.41. The van der Waals surface area contributed by atoms with Crippen molar-refractivity contribution in [2.45, 2.75) is 6.92 Å². The highest BCUT2D eigenvalue weighted by Gasteiger charge is 2.08. The Hall–Kier alpha value is -1.19. The van der Waals surface area contributed by atoms with E-state index in [4.69, 9.17) is 10.5 Å². The van der Waals surface area contributed by atoms with E-state index in [1.54, 1.807) is 18.8 Å². The van der Waals surface area contributed by atoms with Crippen molar-refractivity contribution >= 4 is 5.82 Å². The van der Waals surface area contributed by atoms with E-state index in [-0.39, 0.29) is 0 Å². The highest BCUT2D eigenvalue weighted by Crippen LogP contribution is 2.23. The highest BCUT2D eigenvalue weighted by molar-refractivity contribution is 5.49. The lowest BCUT2D eigenvalue weighted by molar-refractivity contribution is 0.413. The van der Waals surface area contributed by atoms with Gasteiger partial charge in [0.1, 0.15) is 5.69 Å². The van der Waals surface area contributed by atoms with Crippen LogP contribution in [0, 0.1) is 6.92 Å². The van der Waals surface area contributed by atoms with Gasteiger partial charge in [-0.05, 0) is 6.92 Å². The fraction of sp³-hybridized carbons (Fsp3) is 0.500. The normalized spacial score (nSPS) is 9.90. The summed E-state index contributed by atoms with van der Waals surface area (Å²) < 4.78 is 6.58. The number of hydrogen-bond donors (Lipinski definition) is 1. The summed E-state index contributed by atoms with van der Waals surface area (Å²) in [6.07, 6.45) is 0. The standard InChI is InChI=1S/C6H11N3O/c1-4-5(10-3)6(7)9(2)8-4/h7H2,1-3H3. The lowest BCUT2D eigenvalue weighted by atomic mass is 10.4. The van der Waals surface area contributed by atoms with Gasteiger partial charge >= 0.3 is 0 Å². The van der Waals surface area contributed by atoms with Gasteiger partial charge in [-0.2, -0.15) is 5.10 Å². The van der Waals surface area contributed by atoms with Gasteiger partial charge < -0.3 is 10.5 Å². The molecule has 1 aromatic rings. The van der Waals surface area contributed by atoms with E-state index >= 15 is 0 Å². The van der Waals surface area contributed by atoms with Gasteiger partial charge in [0.05, 0.1) is 7.11 Å². The maximum absolute atomic E-state index is 5.59. The smallest absolute Gasteiger partial charge is 0.183 e. The Morgan fingerprint density at radius 3 is 2.40 bits per heavy atom. The molecule has 2 N–H and O–H groups in total. The van der Waals surface area contributed by atoms with E-state index in [9.17, 15) is 0 Å². The van der Waals surface area contributed by atoms with Crippen LogP contribution in [0.3, 0.4) is 0 Å². The first-order valence-electron chi connectivity index (χ1n) is 3.00. The van der Waals surface area contributed by atoms with Crippen molar-refractivity contribution in [1.29, 1.82) is 0 Å². The summed E-state index contributed by atoms with van der Waals surface area (Å²) in [5, 5.41) is 4.05. The summed E-state index contributed by atoms with van der Waals surface area (Å²) >= 11 is 0. The molecule has 1 rings (SSSR count). The second-order valence-corrected chi connectivity index (χ2v) is 2.13. The maximum Gasteiger partial charge on any atom is 0.183 e. The molecular weight excluding hydrogens is 130 g/mol. The molecule has 1 aromatic heterocycles. The van der Waals surface area contributed by atoms with Crippen molar-refractivity contribution in [2.24, 2.45) is 7.05 Å². The molecular formula is C6H11N3O. The second-order valence-electron chi connectivity index (χ2n) is 2.13. The average molecular weight is 141 g/mol. The van der Waals surface area contributed by atoms with Crippen LogP contribution in [0.5, 0.6) is 5.75 Å². The predicted octanol–water partition coefficient (Wildman–Crippen LogP) is 0.319. The topological polar surface area (TPSA) is 53.1 Å². The summed E-state index contributed by atoms with van der Waals surface area (Å²) in [5.74, 6) is 1.24. The zero-order chi connectivity index (χ0) is 7.72. The number of aromatic nitrogens is 2. The van der Waals surface area contributed by atoms with Gasteiger partial charge in [0.25, 0.3) is 0 Å². The van der Waals surface area contributed by atoms with Crippen LogP contribution >= 0.6 is 0 Å². The molecule has 0 amide bonds. The van der Waals surface area contributed by atoms with Crippen LogP contribution in [0.25, 0.3) is 0 Å². The molecule has 0 bridgehead atoms. The number of nitrogens with two attached hydrogens (primary N) is 1. The summed E-state index contributed by atoms with van der Waals surface area (Å²) in [6, 6.07) is 0. The van der Waals surface area contributed by atoms with Crippen LogP contribution in [-0.4, -0.2) is 16.9 Å². The Morgan fingerprint density at radius 2 is 2.20 bits per heavy atom. The van der Waals surface area contributed by atoms with Crippen LogP contribution in [-0.2, 0) is 7.05 Å². The summed E-state index contributed by atoms with van der Waals surface area (Å²) in [5.41, 5.74) is 6.41. The SMILES string of the molecule is COc1c(C)nn(C)c1N. The number of ether oxygens (including phenoxy) is 1. The van der Waals surface area contributed by atoms with Gasteiger partial charge in [0.15, 0.2) is 11.6 Å². The van der Waals surface area contributed by atoms with Gasteiger partial charge in [-0.15, -0.1) is 0 Å². The molecule has 0 aromatic carbocycles. The first-order chi connectivity index (χ1) is 4.66. The molecule has 0 unspecified atom stereocenters. The van der Waals surface area contributed by atoms with Crippen LogP contribution in [0.2, 0.25) is 0 Å². The predicted molar refractivity (Wildman–Crippen MR) is 38.9 cm³/mol. The molecule has 0 aliphatic heterocycles. The van der Waals surface area contributed by atoms with Gasteiger partial charge in [-0.1, -0.05) is 0 Å². The average Bonchev–Trinajstić information content (AvgIpc) is 2.09. The Balaban J connectivity index is 3.20. The van der Waals surface area contributed by atoms with Crippen molar-refractivity contribution in [3.05, 3.63) is 5.69 Å². The number of methoxy groups -OCH3 is 1. The van der Waals surface area contributed by atoms with Crippen molar-refractivity contribution in [3.8, 4) is 5.75 Å². The Kier molecular flexibility index (Phi) is 1.53. The minimum atomic E-state index is 0.569. The quantitative estimate of drug-likeness (QED) is 0.612. The van der Waals surface area contributed by atoms with Crippen molar-refractivity contribution < 1.29 is 4.74 Å². The fourth-order valence-electron chi connectivity index (χ4n) is 0.909. The first-order valence-corrected chi connectivity index (χ1v) is 3.00. The number of hydrogen-bond acceptors (Lipinski definition) is 3. The molecule has 0 aliphatic carbocycles. The van der Waals surface area contributed by atoms with Crippen LogP contribution in [0.4, 0.5) is 5.82 Å². The molecule has 0 saturated carbocycles. The lowest BCUT2D eigenvalue weighted by Crippen LogP contribution is -1.98. The molecule has 0 aliphatic rings. The molecule has 10 heavy (non-hydrogen) atoms. The van der Waals surface area contributed by atoms with E-state index in [0.717, 1.165) is 5.69 Å². The van der Waals surface area contributed by atoms with E-state index in [1.165, 1.54) is 0 Å². The van der Waals surface area contributed by atoms with E-state index in [2.05, 4.69) is 5.10 Å². The zero-order valence-corrected chi connectivity index (χ0v) is 6.38. The van der Waals surface area contributed by atoms with Gasteiger partial charge in [0, 0.05) is 7.05 Å². The molecule has 4 nitrogen and oxygen atoms in total. The monoisotopic (exact) mass is 141 g/mol. The Bertz CT molecular complexity index is 241. The summed E-state index contributed by atoms with van der Waals surface area (Å²) in [6.45, 7) is 1.86. The number of nitrogens with zero attached hydrogens (tertiary/aromatic N) is 2. The minimum absolute atomic E-state index is 0.569. The Labute approximate surface area is 59.6 Å². The number of anilines is 1. The van der Waals surface area contributed by atoms with E-state index in [1.807, 2.05) is 6.92 Å². The molecule has 0 radical (unpaired) electrons. The third kappa shape index (κ3) is 0.814. The maximum atomic E-state index is 5.59. The van der Waals surface area contributed by atoms with Crippen LogP contribution in [0.1, 0.15) is 5.69 Å². The fourth-order valence-corrected chi connectivity index (χ4v) is 0.909. The molecule has 56 valence electrons. The summed E-state index contributed by atoms with van der Waals surface area (Å²) in [4.78, 5) is 0. The molecule has 0 fully saturated rings. The van der Waals surface area contributed by atoms with E-state index < -0.39 is 0 Å². The van der Waals surface area contributed by atoms with Crippen LogP contribution < -0.4 is 10.5 Å². The third-order valence-electron chi connectivity index (χ3n) is 1.41. The van der Waals surface area contributed by atoms with Gasteiger partial charge in [-0.3, -0.25) is 0 Å². The number of rotatable bonds is 1. The highest BCUT2D eigenvalue weighted by atomic mass is 16.5. The molecule has 0 saturated heterocycles. The second kappa shape index (κ2) is 2.21. The first kappa shape index (κ1) is 6.92. The van der Waals surface area contributed by atoms with Crippen LogP contribution in [0.15, 0.2) is 0 Å². The summed E-state index contributed by atoms with van der Waals surface area (Å²) in [7, 11) is 3.37. The lowest BCUT2D eigenvalue weighted by Gasteiger charge is -1.96. The number of aryl methyl sites for hydroxylation is 2. The molecule has 4 heteroatoms.